The zero-order chi connectivity index (χ0) is 15.3. The Morgan fingerprint density at radius 3 is 2.43 bits per heavy atom. The summed E-state index contributed by atoms with van der Waals surface area (Å²) < 4.78 is 11.0. The van der Waals surface area contributed by atoms with Crippen LogP contribution in [-0.4, -0.2) is 20.8 Å². The van der Waals surface area contributed by atoms with Gasteiger partial charge < -0.3 is 14.8 Å². The van der Waals surface area contributed by atoms with Crippen molar-refractivity contribution in [2.24, 2.45) is 5.41 Å². The van der Waals surface area contributed by atoms with Gasteiger partial charge in [0.2, 0.25) is 0 Å². The molecule has 3 nitrogen and oxygen atoms in total. The van der Waals surface area contributed by atoms with E-state index in [4.69, 9.17) is 9.47 Å². The van der Waals surface area contributed by atoms with Crippen molar-refractivity contribution in [3.63, 3.8) is 0 Å². The van der Waals surface area contributed by atoms with Crippen LogP contribution in [0.3, 0.4) is 0 Å². The van der Waals surface area contributed by atoms with Gasteiger partial charge in [0.25, 0.3) is 0 Å². The van der Waals surface area contributed by atoms with E-state index in [1.165, 1.54) is 37.7 Å². The maximum Gasteiger partial charge on any atom is 0.127 e. The smallest absolute Gasteiger partial charge is 0.127 e. The van der Waals surface area contributed by atoms with Crippen molar-refractivity contribution in [3.05, 3.63) is 23.8 Å². The largest absolute Gasteiger partial charge is 0.497 e. The molecule has 0 saturated heterocycles. The van der Waals surface area contributed by atoms with Gasteiger partial charge in [-0.15, -0.1) is 0 Å². The molecule has 1 aliphatic rings. The molecule has 1 unspecified atom stereocenters. The van der Waals surface area contributed by atoms with Crippen molar-refractivity contribution in [2.75, 3.05) is 20.8 Å². The summed E-state index contributed by atoms with van der Waals surface area (Å²) in [6, 6.07) is 6.52. The molecule has 1 saturated carbocycles. The van der Waals surface area contributed by atoms with Crippen molar-refractivity contribution < 1.29 is 9.47 Å². The SMILES string of the molecule is CCNC(c1ccc(OC)cc1OC)C1(C)CCCCC1. The van der Waals surface area contributed by atoms with E-state index < -0.39 is 0 Å². The Morgan fingerprint density at radius 1 is 1.14 bits per heavy atom. The van der Waals surface area contributed by atoms with Gasteiger partial charge in [-0.05, 0) is 30.9 Å². The standard InChI is InChI=1S/C18H29NO2/c1-5-19-17(18(2)11-7-6-8-12-18)15-10-9-14(20-3)13-16(15)21-4/h9-10,13,17,19H,5-8,11-12H2,1-4H3. The molecule has 1 fully saturated rings. The van der Waals surface area contributed by atoms with Crippen LogP contribution in [0.1, 0.15) is 57.6 Å². The summed E-state index contributed by atoms with van der Waals surface area (Å²) in [6.07, 6.45) is 6.58. The van der Waals surface area contributed by atoms with Crippen LogP contribution in [0.25, 0.3) is 0 Å². The minimum atomic E-state index is 0.302. The second kappa shape index (κ2) is 7.17. The number of nitrogens with one attached hydrogen (secondary N) is 1. The second-order valence-corrected chi connectivity index (χ2v) is 6.31. The highest BCUT2D eigenvalue weighted by atomic mass is 16.5. The lowest BCUT2D eigenvalue weighted by Gasteiger charge is -2.42. The molecule has 1 aromatic carbocycles. The van der Waals surface area contributed by atoms with Gasteiger partial charge in [-0.1, -0.05) is 39.2 Å². The zero-order valence-corrected chi connectivity index (χ0v) is 13.9. The monoisotopic (exact) mass is 291 g/mol. The summed E-state index contributed by atoms with van der Waals surface area (Å²) in [6.45, 7) is 5.56. The van der Waals surface area contributed by atoms with Gasteiger partial charge in [-0.2, -0.15) is 0 Å². The van der Waals surface area contributed by atoms with Crippen LogP contribution >= 0.6 is 0 Å². The lowest BCUT2D eigenvalue weighted by Crippen LogP contribution is -2.38. The molecule has 0 aromatic heterocycles. The molecule has 21 heavy (non-hydrogen) atoms. The molecule has 1 atom stereocenters. The summed E-state index contributed by atoms with van der Waals surface area (Å²) >= 11 is 0. The van der Waals surface area contributed by atoms with Gasteiger partial charge in [0, 0.05) is 17.7 Å². The molecule has 3 heteroatoms. The van der Waals surface area contributed by atoms with Crippen LogP contribution in [0.5, 0.6) is 11.5 Å². The van der Waals surface area contributed by atoms with Gasteiger partial charge in [-0.3, -0.25) is 0 Å². The van der Waals surface area contributed by atoms with Crippen LogP contribution in [0.4, 0.5) is 0 Å². The third-order valence-electron chi connectivity index (χ3n) is 4.85. The summed E-state index contributed by atoms with van der Waals surface area (Å²) in [5, 5.41) is 3.70. The van der Waals surface area contributed by atoms with Crippen LogP contribution in [0.15, 0.2) is 18.2 Å². The van der Waals surface area contributed by atoms with Crippen molar-refractivity contribution >= 4 is 0 Å². The van der Waals surface area contributed by atoms with Crippen molar-refractivity contribution in [1.29, 1.82) is 0 Å². The van der Waals surface area contributed by atoms with Gasteiger partial charge in [0.05, 0.1) is 14.2 Å². The first-order valence-electron chi connectivity index (χ1n) is 8.10. The Hall–Kier alpha value is -1.22. The van der Waals surface area contributed by atoms with Gasteiger partial charge in [-0.25, -0.2) is 0 Å². The molecule has 118 valence electrons. The lowest BCUT2D eigenvalue weighted by atomic mass is 9.68. The molecule has 0 amide bonds. The summed E-state index contributed by atoms with van der Waals surface area (Å²) in [4.78, 5) is 0. The van der Waals surface area contributed by atoms with E-state index in [1.807, 2.05) is 12.1 Å². The lowest BCUT2D eigenvalue weighted by molar-refractivity contribution is 0.143. The number of rotatable bonds is 6. The van der Waals surface area contributed by atoms with Crippen LogP contribution in [0, 0.1) is 5.41 Å². The molecule has 0 spiro atoms. The molecular weight excluding hydrogens is 262 g/mol. The Balaban J connectivity index is 2.37. The predicted octanol–water partition coefficient (Wildman–Crippen LogP) is 4.32. The fraction of sp³-hybridized carbons (Fsp3) is 0.667. The number of hydrogen-bond donors (Lipinski definition) is 1. The fourth-order valence-corrected chi connectivity index (χ4v) is 3.64. The number of methoxy groups -OCH3 is 2. The van der Waals surface area contributed by atoms with E-state index in [1.54, 1.807) is 14.2 Å². The normalized spacial score (nSPS) is 19.0. The van der Waals surface area contributed by atoms with E-state index in [0.717, 1.165) is 18.0 Å². The Bertz CT molecular complexity index is 453. The average molecular weight is 291 g/mol. The van der Waals surface area contributed by atoms with Gasteiger partial charge >= 0.3 is 0 Å². The van der Waals surface area contributed by atoms with Crippen molar-refractivity contribution in [3.8, 4) is 11.5 Å². The second-order valence-electron chi connectivity index (χ2n) is 6.31. The van der Waals surface area contributed by atoms with Crippen molar-refractivity contribution in [1.82, 2.24) is 5.32 Å². The fourth-order valence-electron chi connectivity index (χ4n) is 3.64. The van der Waals surface area contributed by atoms with E-state index in [0.29, 0.717) is 11.5 Å². The Labute approximate surface area is 129 Å². The Kier molecular flexibility index (Phi) is 5.51. The van der Waals surface area contributed by atoms with Crippen LogP contribution in [-0.2, 0) is 0 Å². The maximum atomic E-state index is 5.63. The average Bonchev–Trinajstić information content (AvgIpc) is 2.52. The van der Waals surface area contributed by atoms with Crippen LogP contribution in [0.2, 0.25) is 0 Å². The Morgan fingerprint density at radius 2 is 1.86 bits per heavy atom. The first kappa shape index (κ1) is 16.2. The maximum absolute atomic E-state index is 5.63. The molecule has 0 bridgehead atoms. The number of ether oxygens (including phenoxy) is 2. The summed E-state index contributed by atoms with van der Waals surface area (Å²) in [7, 11) is 3.43. The van der Waals surface area contributed by atoms with Crippen molar-refractivity contribution in [2.45, 2.75) is 52.0 Å². The number of hydrogen-bond acceptors (Lipinski definition) is 3. The first-order chi connectivity index (χ1) is 10.1. The number of benzene rings is 1. The van der Waals surface area contributed by atoms with Crippen LogP contribution < -0.4 is 14.8 Å². The highest BCUT2D eigenvalue weighted by Gasteiger charge is 2.37. The quantitative estimate of drug-likeness (QED) is 0.846. The third kappa shape index (κ3) is 3.52. The van der Waals surface area contributed by atoms with Gasteiger partial charge in [0.15, 0.2) is 0 Å². The topological polar surface area (TPSA) is 30.5 Å². The first-order valence-corrected chi connectivity index (χ1v) is 8.10. The molecule has 1 N–H and O–H groups in total. The summed E-state index contributed by atoms with van der Waals surface area (Å²) in [5.41, 5.74) is 1.56. The van der Waals surface area contributed by atoms with Gasteiger partial charge in [0.1, 0.15) is 11.5 Å². The highest BCUT2D eigenvalue weighted by Crippen LogP contribution is 2.48. The molecule has 1 aromatic rings. The molecule has 0 radical (unpaired) electrons. The third-order valence-corrected chi connectivity index (χ3v) is 4.85. The zero-order valence-electron chi connectivity index (χ0n) is 13.9. The minimum absolute atomic E-state index is 0.302. The molecule has 2 rings (SSSR count). The van der Waals surface area contributed by atoms with E-state index in [9.17, 15) is 0 Å². The molecular formula is C18H29NO2. The van der Waals surface area contributed by atoms with E-state index in [-0.39, 0.29) is 0 Å². The minimum Gasteiger partial charge on any atom is -0.497 e. The van der Waals surface area contributed by atoms with E-state index >= 15 is 0 Å². The summed E-state index contributed by atoms with van der Waals surface area (Å²) in [5.74, 6) is 1.77. The molecule has 1 aliphatic carbocycles. The predicted molar refractivity (Wildman–Crippen MR) is 87.2 cm³/mol. The highest BCUT2D eigenvalue weighted by molar-refractivity contribution is 5.43. The molecule has 0 heterocycles. The van der Waals surface area contributed by atoms with E-state index in [2.05, 4.69) is 25.2 Å². The molecule has 0 aliphatic heterocycles.